The maximum Gasteiger partial charge on any atom is 0.235 e. The minimum Gasteiger partial charge on any atom is -0.353 e. The van der Waals surface area contributed by atoms with Crippen LogP contribution in [0.1, 0.15) is 37.7 Å². The standard InChI is InChI=1S/C19H28N2O4S/c22-18(20-12-14-21-13-6-2-5-11-19(21)23)16-26(24,25)15-7-10-17-8-3-1-4-9-17/h1,3-4,8-9H,2,5-7,10-16H2,(H,20,22). The smallest absolute Gasteiger partial charge is 0.235 e. The predicted molar refractivity (Wildman–Crippen MR) is 101 cm³/mol. The van der Waals surface area contributed by atoms with Crippen LogP contribution in [-0.4, -0.2) is 56.3 Å². The van der Waals surface area contributed by atoms with Gasteiger partial charge in [0.15, 0.2) is 9.84 Å². The zero-order valence-corrected chi connectivity index (χ0v) is 16.0. The fourth-order valence-corrected chi connectivity index (χ4v) is 4.30. The van der Waals surface area contributed by atoms with E-state index in [2.05, 4.69) is 5.32 Å². The van der Waals surface area contributed by atoms with Crippen LogP contribution < -0.4 is 5.32 Å². The number of benzene rings is 1. The minimum atomic E-state index is -3.42. The van der Waals surface area contributed by atoms with Crippen molar-refractivity contribution in [2.45, 2.75) is 38.5 Å². The second kappa shape index (κ2) is 10.3. The maximum atomic E-state index is 12.1. The molecule has 0 atom stereocenters. The van der Waals surface area contributed by atoms with E-state index in [-0.39, 0.29) is 11.7 Å². The molecule has 2 amide bonds. The summed E-state index contributed by atoms with van der Waals surface area (Å²) in [6.07, 6.45) is 4.69. The zero-order valence-electron chi connectivity index (χ0n) is 15.2. The lowest BCUT2D eigenvalue weighted by Gasteiger charge is -2.20. The van der Waals surface area contributed by atoms with Crippen molar-refractivity contribution in [2.75, 3.05) is 31.1 Å². The Morgan fingerprint density at radius 2 is 1.88 bits per heavy atom. The van der Waals surface area contributed by atoms with Crippen LogP contribution >= 0.6 is 0 Å². The number of rotatable bonds is 9. The monoisotopic (exact) mass is 380 g/mol. The fourth-order valence-electron chi connectivity index (χ4n) is 3.07. The molecule has 1 saturated heterocycles. The Kier molecular flexibility index (Phi) is 8.09. The van der Waals surface area contributed by atoms with Gasteiger partial charge in [-0.2, -0.15) is 0 Å². The van der Waals surface area contributed by atoms with E-state index in [4.69, 9.17) is 0 Å². The Balaban J connectivity index is 1.66. The topological polar surface area (TPSA) is 83.6 Å². The second-order valence-corrected chi connectivity index (χ2v) is 8.91. The quantitative estimate of drug-likeness (QED) is 0.705. The van der Waals surface area contributed by atoms with Crippen LogP contribution in [0.4, 0.5) is 0 Å². The first-order chi connectivity index (χ1) is 12.5. The molecule has 1 heterocycles. The molecule has 2 rings (SSSR count). The summed E-state index contributed by atoms with van der Waals surface area (Å²) in [5.41, 5.74) is 1.09. The maximum absolute atomic E-state index is 12.1. The molecule has 1 aliphatic heterocycles. The number of aryl methyl sites for hydroxylation is 1. The van der Waals surface area contributed by atoms with E-state index < -0.39 is 21.5 Å². The third-order valence-electron chi connectivity index (χ3n) is 4.49. The third kappa shape index (κ3) is 7.56. The van der Waals surface area contributed by atoms with Gasteiger partial charge in [0.1, 0.15) is 5.75 Å². The van der Waals surface area contributed by atoms with Crippen LogP contribution in [0.15, 0.2) is 30.3 Å². The summed E-state index contributed by atoms with van der Waals surface area (Å²) in [6.45, 7) is 1.45. The van der Waals surface area contributed by atoms with Crippen molar-refractivity contribution in [2.24, 2.45) is 0 Å². The van der Waals surface area contributed by atoms with Crippen molar-refractivity contribution in [3.63, 3.8) is 0 Å². The van der Waals surface area contributed by atoms with Gasteiger partial charge in [-0.15, -0.1) is 0 Å². The molecule has 6 nitrogen and oxygen atoms in total. The first-order valence-corrected chi connectivity index (χ1v) is 11.1. The molecular formula is C19H28N2O4S. The van der Waals surface area contributed by atoms with Gasteiger partial charge in [-0.3, -0.25) is 9.59 Å². The van der Waals surface area contributed by atoms with Gasteiger partial charge >= 0.3 is 0 Å². The number of carbonyl (C=O) groups is 2. The molecule has 0 saturated carbocycles. The number of hydrogen-bond acceptors (Lipinski definition) is 4. The van der Waals surface area contributed by atoms with Crippen molar-refractivity contribution < 1.29 is 18.0 Å². The summed E-state index contributed by atoms with van der Waals surface area (Å²) in [6, 6.07) is 9.69. The van der Waals surface area contributed by atoms with Crippen LogP contribution in [0.5, 0.6) is 0 Å². The highest BCUT2D eigenvalue weighted by molar-refractivity contribution is 7.92. The number of carbonyl (C=O) groups excluding carboxylic acids is 2. The number of nitrogens with one attached hydrogen (secondary N) is 1. The average Bonchev–Trinajstić information content (AvgIpc) is 2.80. The summed E-state index contributed by atoms with van der Waals surface area (Å²) in [5, 5.41) is 2.62. The third-order valence-corrected chi connectivity index (χ3v) is 6.10. The van der Waals surface area contributed by atoms with Crippen LogP contribution in [0.3, 0.4) is 0 Å². The number of hydrogen-bond donors (Lipinski definition) is 1. The van der Waals surface area contributed by atoms with Crippen LogP contribution in [0.25, 0.3) is 0 Å². The van der Waals surface area contributed by atoms with E-state index in [1.165, 1.54) is 0 Å². The molecule has 0 unspecified atom stereocenters. The summed E-state index contributed by atoms with van der Waals surface area (Å²) < 4.78 is 24.1. The summed E-state index contributed by atoms with van der Waals surface area (Å²) in [7, 11) is -3.42. The number of likely N-dealkylation sites (tertiary alicyclic amines) is 1. The number of amides is 2. The second-order valence-electron chi connectivity index (χ2n) is 6.72. The molecular weight excluding hydrogens is 352 g/mol. The van der Waals surface area contributed by atoms with E-state index >= 15 is 0 Å². The molecule has 0 aromatic heterocycles. The van der Waals surface area contributed by atoms with Crippen LogP contribution in [0.2, 0.25) is 0 Å². The molecule has 0 bridgehead atoms. The molecule has 144 valence electrons. The van der Waals surface area contributed by atoms with Crippen LogP contribution in [-0.2, 0) is 25.8 Å². The Hall–Kier alpha value is -1.89. The molecule has 1 N–H and O–H groups in total. The Labute approximate surface area is 155 Å². The molecule has 26 heavy (non-hydrogen) atoms. The van der Waals surface area contributed by atoms with E-state index in [1.54, 1.807) is 4.90 Å². The molecule has 1 fully saturated rings. The van der Waals surface area contributed by atoms with Gasteiger partial charge < -0.3 is 10.2 Å². The van der Waals surface area contributed by atoms with Gasteiger partial charge in [0.2, 0.25) is 11.8 Å². The lowest BCUT2D eigenvalue weighted by molar-refractivity contribution is -0.131. The molecule has 1 aliphatic rings. The molecule has 0 aliphatic carbocycles. The summed E-state index contributed by atoms with van der Waals surface area (Å²) >= 11 is 0. The number of nitrogens with zero attached hydrogens (tertiary/aromatic N) is 1. The fraction of sp³-hybridized carbons (Fsp3) is 0.579. The van der Waals surface area contributed by atoms with Crippen molar-refractivity contribution in [1.29, 1.82) is 0 Å². The first-order valence-electron chi connectivity index (χ1n) is 9.25. The van der Waals surface area contributed by atoms with E-state index in [9.17, 15) is 18.0 Å². The predicted octanol–water partition coefficient (Wildman–Crippen LogP) is 1.55. The Morgan fingerprint density at radius 3 is 2.65 bits per heavy atom. The van der Waals surface area contributed by atoms with Crippen molar-refractivity contribution >= 4 is 21.7 Å². The van der Waals surface area contributed by atoms with Gasteiger partial charge in [-0.1, -0.05) is 36.8 Å². The molecule has 0 radical (unpaired) electrons. The van der Waals surface area contributed by atoms with Gasteiger partial charge in [-0.25, -0.2) is 8.42 Å². The molecule has 1 aromatic rings. The molecule has 7 heteroatoms. The molecule has 0 spiro atoms. The van der Waals surface area contributed by atoms with Gasteiger partial charge in [0, 0.05) is 26.1 Å². The highest BCUT2D eigenvalue weighted by Gasteiger charge is 2.18. The highest BCUT2D eigenvalue weighted by atomic mass is 32.2. The summed E-state index contributed by atoms with van der Waals surface area (Å²) in [4.78, 5) is 25.5. The normalized spacial score (nSPS) is 15.5. The molecule has 1 aromatic carbocycles. The van der Waals surface area contributed by atoms with Gasteiger partial charge in [-0.05, 0) is 31.2 Å². The number of sulfone groups is 1. The van der Waals surface area contributed by atoms with E-state index in [0.717, 1.165) is 24.8 Å². The van der Waals surface area contributed by atoms with Gasteiger partial charge in [0.25, 0.3) is 0 Å². The zero-order chi connectivity index (χ0) is 18.8. The Morgan fingerprint density at radius 1 is 1.12 bits per heavy atom. The van der Waals surface area contributed by atoms with Crippen molar-refractivity contribution in [3.05, 3.63) is 35.9 Å². The van der Waals surface area contributed by atoms with E-state index in [1.807, 2.05) is 30.3 Å². The summed E-state index contributed by atoms with van der Waals surface area (Å²) in [5.74, 6) is -0.868. The lowest BCUT2D eigenvalue weighted by Crippen LogP contribution is -2.40. The SMILES string of the molecule is O=C(CS(=O)(=O)CCCc1ccccc1)NCCN1CCCCCC1=O. The van der Waals surface area contributed by atoms with Gasteiger partial charge in [0.05, 0.1) is 5.75 Å². The van der Waals surface area contributed by atoms with Crippen molar-refractivity contribution in [3.8, 4) is 0 Å². The highest BCUT2D eigenvalue weighted by Crippen LogP contribution is 2.10. The average molecular weight is 381 g/mol. The lowest BCUT2D eigenvalue weighted by atomic mass is 10.1. The van der Waals surface area contributed by atoms with Crippen LogP contribution in [0, 0.1) is 0 Å². The minimum absolute atomic E-state index is 0.0000742. The Bertz CT molecular complexity index is 689. The van der Waals surface area contributed by atoms with E-state index in [0.29, 0.717) is 38.9 Å². The first kappa shape index (κ1) is 20.4. The van der Waals surface area contributed by atoms with Crippen molar-refractivity contribution in [1.82, 2.24) is 10.2 Å². The largest absolute Gasteiger partial charge is 0.353 e.